The van der Waals surface area contributed by atoms with Crippen molar-refractivity contribution in [2.75, 3.05) is 19.8 Å². The van der Waals surface area contributed by atoms with Crippen LogP contribution in [0.3, 0.4) is 0 Å². The largest absolute Gasteiger partial charge is 0.466 e. The molecule has 0 fully saturated rings. The van der Waals surface area contributed by atoms with E-state index in [4.69, 9.17) is 9.84 Å². The minimum absolute atomic E-state index is 0.146. The molecule has 1 aromatic heterocycles. The van der Waals surface area contributed by atoms with Gasteiger partial charge < -0.3 is 15.2 Å². The first-order valence-corrected chi connectivity index (χ1v) is 6.12. The van der Waals surface area contributed by atoms with E-state index < -0.39 is 0 Å². The van der Waals surface area contributed by atoms with Gasteiger partial charge in [0.1, 0.15) is 0 Å². The number of rotatable bonds is 9. The summed E-state index contributed by atoms with van der Waals surface area (Å²) in [6, 6.07) is 0. The highest BCUT2D eigenvalue weighted by atomic mass is 16.5. The number of hydrogen-bond donors (Lipinski definition) is 2. The van der Waals surface area contributed by atoms with Crippen molar-refractivity contribution >= 4 is 5.97 Å². The Hall–Kier alpha value is -1.47. The first-order valence-electron chi connectivity index (χ1n) is 6.12. The van der Waals surface area contributed by atoms with Gasteiger partial charge in [-0.25, -0.2) is 0 Å². The van der Waals surface area contributed by atoms with Crippen LogP contribution in [0.1, 0.15) is 25.5 Å². The van der Waals surface area contributed by atoms with Crippen LogP contribution in [0.25, 0.3) is 0 Å². The van der Waals surface area contributed by atoms with E-state index in [1.807, 2.05) is 6.20 Å². The molecular weight excluding hydrogens is 236 g/mol. The summed E-state index contributed by atoms with van der Waals surface area (Å²) in [5.74, 6) is -0.198. The lowest BCUT2D eigenvalue weighted by atomic mass is 10.4. The maximum Gasteiger partial charge on any atom is 0.307 e. The SMILES string of the molecule is CCOC(=O)CCNCc1cn(CCCO)nn1. The Morgan fingerprint density at radius 2 is 2.44 bits per heavy atom. The lowest BCUT2D eigenvalue weighted by Gasteiger charge is -2.02. The molecule has 1 heterocycles. The fraction of sp³-hybridized carbons (Fsp3) is 0.727. The molecule has 0 radical (unpaired) electrons. The number of carbonyl (C=O) groups excluding carboxylic acids is 1. The molecule has 7 heteroatoms. The molecule has 1 rings (SSSR count). The lowest BCUT2D eigenvalue weighted by molar-refractivity contribution is -0.142. The van der Waals surface area contributed by atoms with Crippen LogP contribution in [-0.2, 0) is 22.6 Å². The van der Waals surface area contributed by atoms with E-state index in [1.165, 1.54) is 0 Å². The fourth-order valence-corrected chi connectivity index (χ4v) is 1.40. The number of nitrogens with one attached hydrogen (secondary N) is 1. The summed E-state index contributed by atoms with van der Waals surface area (Å²) >= 11 is 0. The van der Waals surface area contributed by atoms with E-state index in [-0.39, 0.29) is 12.6 Å². The maximum absolute atomic E-state index is 11.1. The summed E-state index contributed by atoms with van der Waals surface area (Å²) in [6.45, 7) is 4.13. The third kappa shape index (κ3) is 5.74. The van der Waals surface area contributed by atoms with Crippen molar-refractivity contribution in [2.24, 2.45) is 0 Å². The number of carbonyl (C=O) groups is 1. The number of nitrogens with zero attached hydrogens (tertiary/aromatic N) is 3. The first kappa shape index (κ1) is 14.6. The number of aromatic nitrogens is 3. The van der Waals surface area contributed by atoms with Gasteiger partial charge in [0.25, 0.3) is 0 Å². The molecule has 1 aromatic rings. The maximum atomic E-state index is 11.1. The van der Waals surface area contributed by atoms with Crippen molar-refractivity contribution in [2.45, 2.75) is 32.9 Å². The van der Waals surface area contributed by atoms with E-state index in [0.29, 0.717) is 39.1 Å². The van der Waals surface area contributed by atoms with Gasteiger partial charge in [0.2, 0.25) is 0 Å². The highest BCUT2D eigenvalue weighted by molar-refractivity contribution is 5.69. The molecule has 0 aliphatic heterocycles. The summed E-state index contributed by atoms with van der Waals surface area (Å²) in [4.78, 5) is 11.1. The Balaban J connectivity index is 2.15. The molecule has 0 atom stereocenters. The van der Waals surface area contributed by atoms with Gasteiger partial charge in [0.05, 0.1) is 18.7 Å². The standard InChI is InChI=1S/C11H20N4O3/c1-2-18-11(17)4-5-12-8-10-9-15(14-13-10)6-3-7-16/h9,12,16H,2-8H2,1H3. The smallest absolute Gasteiger partial charge is 0.307 e. The number of aliphatic hydroxyl groups is 1. The molecule has 0 aliphatic carbocycles. The predicted octanol–water partition coefficient (Wildman–Crippen LogP) is -0.297. The first-order chi connectivity index (χ1) is 8.76. The molecule has 0 bridgehead atoms. The fourth-order valence-electron chi connectivity index (χ4n) is 1.40. The van der Waals surface area contributed by atoms with Crippen LogP contribution in [0, 0.1) is 0 Å². The van der Waals surface area contributed by atoms with Crippen LogP contribution >= 0.6 is 0 Å². The van der Waals surface area contributed by atoms with Crippen LogP contribution < -0.4 is 5.32 Å². The van der Waals surface area contributed by atoms with Gasteiger partial charge in [-0.3, -0.25) is 9.48 Å². The molecule has 18 heavy (non-hydrogen) atoms. The van der Waals surface area contributed by atoms with Gasteiger partial charge in [0.15, 0.2) is 0 Å². The van der Waals surface area contributed by atoms with Crippen LogP contribution in [-0.4, -0.2) is 45.8 Å². The van der Waals surface area contributed by atoms with Crippen molar-refractivity contribution in [3.63, 3.8) is 0 Å². The molecule has 0 saturated carbocycles. The predicted molar refractivity (Wildman–Crippen MR) is 64.7 cm³/mol. The highest BCUT2D eigenvalue weighted by Crippen LogP contribution is 1.94. The molecule has 2 N–H and O–H groups in total. The minimum atomic E-state index is -0.198. The minimum Gasteiger partial charge on any atom is -0.466 e. The molecule has 0 saturated heterocycles. The van der Waals surface area contributed by atoms with Crippen molar-refractivity contribution < 1.29 is 14.6 Å². The van der Waals surface area contributed by atoms with Crippen molar-refractivity contribution in [1.82, 2.24) is 20.3 Å². The molecule has 0 unspecified atom stereocenters. The number of aliphatic hydroxyl groups excluding tert-OH is 1. The van der Waals surface area contributed by atoms with E-state index in [9.17, 15) is 4.79 Å². The molecule has 0 amide bonds. The third-order valence-corrected chi connectivity index (χ3v) is 2.25. The van der Waals surface area contributed by atoms with Crippen molar-refractivity contribution in [1.29, 1.82) is 0 Å². The van der Waals surface area contributed by atoms with Crippen LogP contribution in [0.4, 0.5) is 0 Å². The van der Waals surface area contributed by atoms with Gasteiger partial charge >= 0.3 is 5.97 Å². The quantitative estimate of drug-likeness (QED) is 0.466. The summed E-state index contributed by atoms with van der Waals surface area (Å²) in [7, 11) is 0. The molecule has 0 aliphatic rings. The number of esters is 1. The Bertz CT molecular complexity index is 354. The van der Waals surface area contributed by atoms with E-state index >= 15 is 0 Å². The Morgan fingerprint density at radius 1 is 1.61 bits per heavy atom. The van der Waals surface area contributed by atoms with Gasteiger partial charge in [-0.1, -0.05) is 5.21 Å². The zero-order valence-corrected chi connectivity index (χ0v) is 10.6. The Morgan fingerprint density at radius 3 is 3.17 bits per heavy atom. The molecule has 0 aromatic carbocycles. The second-order valence-electron chi connectivity index (χ2n) is 3.78. The number of hydrogen-bond acceptors (Lipinski definition) is 6. The summed E-state index contributed by atoms with van der Waals surface area (Å²) < 4.78 is 6.50. The molecule has 0 spiro atoms. The van der Waals surface area contributed by atoms with E-state index in [2.05, 4.69) is 15.6 Å². The van der Waals surface area contributed by atoms with Crippen molar-refractivity contribution in [3.8, 4) is 0 Å². The van der Waals surface area contributed by atoms with E-state index in [1.54, 1.807) is 11.6 Å². The highest BCUT2D eigenvalue weighted by Gasteiger charge is 2.02. The van der Waals surface area contributed by atoms with Crippen LogP contribution in [0.15, 0.2) is 6.20 Å². The zero-order valence-electron chi connectivity index (χ0n) is 10.6. The third-order valence-electron chi connectivity index (χ3n) is 2.25. The normalized spacial score (nSPS) is 10.6. The summed E-state index contributed by atoms with van der Waals surface area (Å²) in [6.07, 6.45) is 2.85. The average molecular weight is 256 g/mol. The number of aryl methyl sites for hydroxylation is 1. The average Bonchev–Trinajstić information content (AvgIpc) is 2.80. The summed E-state index contributed by atoms with van der Waals surface area (Å²) in [5, 5.41) is 19.7. The van der Waals surface area contributed by atoms with Crippen LogP contribution in [0.5, 0.6) is 0 Å². The lowest BCUT2D eigenvalue weighted by Crippen LogP contribution is -2.19. The topological polar surface area (TPSA) is 89.3 Å². The van der Waals surface area contributed by atoms with Gasteiger partial charge in [-0.2, -0.15) is 0 Å². The zero-order chi connectivity index (χ0) is 13.2. The summed E-state index contributed by atoms with van der Waals surface area (Å²) in [5.41, 5.74) is 0.816. The second-order valence-corrected chi connectivity index (χ2v) is 3.78. The Kier molecular flexibility index (Phi) is 6.97. The van der Waals surface area contributed by atoms with Crippen molar-refractivity contribution in [3.05, 3.63) is 11.9 Å². The van der Waals surface area contributed by atoms with Gasteiger partial charge in [0, 0.05) is 32.4 Å². The Labute approximate surface area is 106 Å². The van der Waals surface area contributed by atoms with Crippen LogP contribution in [0.2, 0.25) is 0 Å². The molecular formula is C11H20N4O3. The second kappa shape index (κ2) is 8.60. The van der Waals surface area contributed by atoms with Gasteiger partial charge in [-0.15, -0.1) is 5.10 Å². The molecule has 7 nitrogen and oxygen atoms in total. The molecule has 102 valence electrons. The van der Waals surface area contributed by atoms with E-state index in [0.717, 1.165) is 5.69 Å². The monoisotopic (exact) mass is 256 g/mol. The number of ether oxygens (including phenoxy) is 1. The van der Waals surface area contributed by atoms with Gasteiger partial charge in [-0.05, 0) is 13.3 Å².